The molecule has 2 N–H and O–H groups in total. The van der Waals surface area contributed by atoms with Gasteiger partial charge in [-0.2, -0.15) is 11.3 Å². The summed E-state index contributed by atoms with van der Waals surface area (Å²) in [6, 6.07) is 2.38. The third kappa shape index (κ3) is 4.02. The van der Waals surface area contributed by atoms with Crippen LogP contribution in [0, 0.1) is 11.8 Å². The van der Waals surface area contributed by atoms with Crippen LogP contribution >= 0.6 is 11.3 Å². The fourth-order valence-corrected chi connectivity index (χ4v) is 4.46. The molecule has 1 aromatic rings. The molecule has 2 unspecified atom stereocenters. The minimum atomic E-state index is -0.663. The normalized spacial score (nSPS) is 27.0. The maximum atomic E-state index is 11.5. The molecule has 1 saturated heterocycles. The van der Waals surface area contributed by atoms with Gasteiger partial charge in [0.05, 0.1) is 5.92 Å². The fourth-order valence-electron chi connectivity index (χ4n) is 3.80. The van der Waals surface area contributed by atoms with E-state index in [1.807, 2.05) is 0 Å². The van der Waals surface area contributed by atoms with E-state index in [-0.39, 0.29) is 12.0 Å². The summed E-state index contributed by atoms with van der Waals surface area (Å²) in [7, 11) is 0. The highest BCUT2D eigenvalue weighted by atomic mass is 32.1. The second kappa shape index (κ2) is 7.47. The Hall–Kier alpha value is -1.07. The Kier molecular flexibility index (Phi) is 5.37. The number of thiophene rings is 1. The molecule has 1 aromatic heterocycles. The van der Waals surface area contributed by atoms with E-state index in [1.165, 1.54) is 37.8 Å². The molecule has 5 heteroatoms. The van der Waals surface area contributed by atoms with Gasteiger partial charge in [0.15, 0.2) is 0 Å². The molecule has 1 aliphatic heterocycles. The molecule has 0 bridgehead atoms. The van der Waals surface area contributed by atoms with Crippen LogP contribution in [0.15, 0.2) is 16.8 Å². The average molecular weight is 322 g/mol. The topological polar surface area (TPSA) is 52.6 Å². The van der Waals surface area contributed by atoms with E-state index in [0.717, 1.165) is 25.4 Å². The van der Waals surface area contributed by atoms with Crippen LogP contribution < -0.4 is 10.2 Å². The average Bonchev–Trinajstić information content (AvgIpc) is 3.08. The van der Waals surface area contributed by atoms with Crippen molar-refractivity contribution in [3.63, 3.8) is 0 Å². The summed E-state index contributed by atoms with van der Waals surface area (Å²) in [5, 5.41) is 17.3. The number of aliphatic carboxylic acids is 1. The molecule has 0 spiro atoms. The standard InChI is InChI=1S/C17H26N2O2S/c20-17(21)14-8-15(18-9-13-4-2-1-3-5-13)11-19(10-14)16-6-7-22-12-16/h6-7,12-15,18H,1-5,8-11H2,(H,20,21). The van der Waals surface area contributed by atoms with Gasteiger partial charge in [0, 0.05) is 30.2 Å². The van der Waals surface area contributed by atoms with E-state index in [4.69, 9.17) is 0 Å². The zero-order valence-corrected chi connectivity index (χ0v) is 13.9. The van der Waals surface area contributed by atoms with Crippen LogP contribution in [-0.4, -0.2) is 36.8 Å². The second-order valence-corrected chi connectivity index (χ2v) is 7.55. The molecule has 2 aliphatic rings. The zero-order chi connectivity index (χ0) is 15.4. The van der Waals surface area contributed by atoms with Crippen molar-refractivity contribution in [1.82, 2.24) is 5.32 Å². The third-order valence-corrected chi connectivity index (χ3v) is 5.76. The molecule has 22 heavy (non-hydrogen) atoms. The largest absolute Gasteiger partial charge is 0.481 e. The molecular weight excluding hydrogens is 296 g/mol. The van der Waals surface area contributed by atoms with Gasteiger partial charge >= 0.3 is 5.97 Å². The van der Waals surface area contributed by atoms with Crippen molar-refractivity contribution in [1.29, 1.82) is 0 Å². The maximum Gasteiger partial charge on any atom is 0.308 e. The highest BCUT2D eigenvalue weighted by Gasteiger charge is 2.32. The Morgan fingerprint density at radius 1 is 1.32 bits per heavy atom. The van der Waals surface area contributed by atoms with E-state index < -0.39 is 5.97 Å². The smallest absolute Gasteiger partial charge is 0.308 e. The fraction of sp³-hybridized carbons (Fsp3) is 0.706. The van der Waals surface area contributed by atoms with Gasteiger partial charge < -0.3 is 15.3 Å². The molecule has 4 nitrogen and oxygen atoms in total. The van der Waals surface area contributed by atoms with Crippen LogP contribution in [0.1, 0.15) is 38.5 Å². The predicted molar refractivity (Wildman–Crippen MR) is 90.6 cm³/mol. The predicted octanol–water partition coefficient (Wildman–Crippen LogP) is 3.20. The number of anilines is 1. The number of hydrogen-bond acceptors (Lipinski definition) is 4. The second-order valence-electron chi connectivity index (χ2n) is 6.77. The van der Waals surface area contributed by atoms with Crippen molar-refractivity contribution < 1.29 is 9.90 Å². The Morgan fingerprint density at radius 2 is 2.14 bits per heavy atom. The third-order valence-electron chi connectivity index (χ3n) is 5.09. The Labute approximate surface area is 136 Å². The molecule has 2 fully saturated rings. The number of carboxylic acid groups (broad SMARTS) is 1. The molecule has 0 radical (unpaired) electrons. The number of nitrogens with zero attached hydrogens (tertiary/aromatic N) is 1. The molecular formula is C17H26N2O2S. The lowest BCUT2D eigenvalue weighted by atomic mass is 9.88. The minimum absolute atomic E-state index is 0.266. The van der Waals surface area contributed by atoms with Crippen molar-refractivity contribution >= 4 is 23.0 Å². The highest BCUT2D eigenvalue weighted by molar-refractivity contribution is 7.08. The van der Waals surface area contributed by atoms with E-state index in [9.17, 15) is 9.90 Å². The number of hydrogen-bond donors (Lipinski definition) is 2. The summed E-state index contributed by atoms with van der Waals surface area (Å²) in [6.45, 7) is 2.61. The van der Waals surface area contributed by atoms with E-state index >= 15 is 0 Å². The number of nitrogens with one attached hydrogen (secondary N) is 1. The summed E-state index contributed by atoms with van der Waals surface area (Å²) in [6.07, 6.45) is 7.51. The first-order chi connectivity index (χ1) is 10.7. The lowest BCUT2D eigenvalue weighted by molar-refractivity contribution is -0.142. The van der Waals surface area contributed by atoms with E-state index in [2.05, 4.69) is 27.0 Å². The quantitative estimate of drug-likeness (QED) is 0.874. The van der Waals surface area contributed by atoms with Gasteiger partial charge in [-0.15, -0.1) is 0 Å². The van der Waals surface area contributed by atoms with E-state index in [1.54, 1.807) is 11.3 Å². The van der Waals surface area contributed by atoms with Crippen molar-refractivity contribution in [2.75, 3.05) is 24.5 Å². The monoisotopic (exact) mass is 322 g/mol. The first-order valence-electron chi connectivity index (χ1n) is 8.45. The van der Waals surface area contributed by atoms with Gasteiger partial charge in [-0.3, -0.25) is 4.79 Å². The molecule has 2 atom stereocenters. The SMILES string of the molecule is O=C(O)C1CC(NCC2CCCCC2)CN(c2ccsc2)C1. The lowest BCUT2D eigenvalue weighted by Gasteiger charge is -2.38. The van der Waals surface area contributed by atoms with Crippen molar-refractivity contribution in [3.8, 4) is 0 Å². The number of carboxylic acids is 1. The van der Waals surface area contributed by atoms with Crippen LogP contribution in [0.2, 0.25) is 0 Å². The number of piperidine rings is 1. The zero-order valence-electron chi connectivity index (χ0n) is 13.0. The van der Waals surface area contributed by atoms with Crippen LogP contribution in [0.5, 0.6) is 0 Å². The van der Waals surface area contributed by atoms with Gasteiger partial charge in [0.2, 0.25) is 0 Å². The molecule has 122 valence electrons. The summed E-state index contributed by atoms with van der Waals surface area (Å²) < 4.78 is 0. The summed E-state index contributed by atoms with van der Waals surface area (Å²) in [5.41, 5.74) is 1.17. The van der Waals surface area contributed by atoms with Crippen molar-refractivity contribution in [2.45, 2.75) is 44.6 Å². The van der Waals surface area contributed by atoms with Crippen molar-refractivity contribution in [3.05, 3.63) is 16.8 Å². The van der Waals surface area contributed by atoms with E-state index in [0.29, 0.717) is 6.54 Å². The molecule has 2 heterocycles. The molecule has 1 saturated carbocycles. The Morgan fingerprint density at radius 3 is 2.82 bits per heavy atom. The molecule has 0 aromatic carbocycles. The van der Waals surface area contributed by atoms with Gasteiger partial charge in [0.1, 0.15) is 0 Å². The van der Waals surface area contributed by atoms with Gasteiger partial charge in [-0.05, 0) is 43.2 Å². The lowest BCUT2D eigenvalue weighted by Crippen LogP contribution is -2.52. The first kappa shape index (κ1) is 15.8. The van der Waals surface area contributed by atoms with Crippen LogP contribution in [0.25, 0.3) is 0 Å². The Balaban J connectivity index is 1.58. The summed E-state index contributed by atoms with van der Waals surface area (Å²) >= 11 is 1.67. The van der Waals surface area contributed by atoms with Crippen molar-refractivity contribution in [2.24, 2.45) is 11.8 Å². The molecule has 0 amide bonds. The molecule has 1 aliphatic carbocycles. The highest BCUT2D eigenvalue weighted by Crippen LogP contribution is 2.27. The summed E-state index contributed by atoms with van der Waals surface area (Å²) in [4.78, 5) is 13.7. The minimum Gasteiger partial charge on any atom is -0.481 e. The number of carbonyl (C=O) groups is 1. The van der Waals surface area contributed by atoms with Crippen LogP contribution in [0.4, 0.5) is 5.69 Å². The van der Waals surface area contributed by atoms with Crippen LogP contribution in [-0.2, 0) is 4.79 Å². The molecule has 3 rings (SSSR count). The summed E-state index contributed by atoms with van der Waals surface area (Å²) in [5.74, 6) is -0.143. The van der Waals surface area contributed by atoms with Gasteiger partial charge in [0.25, 0.3) is 0 Å². The van der Waals surface area contributed by atoms with Crippen LogP contribution in [0.3, 0.4) is 0 Å². The first-order valence-corrected chi connectivity index (χ1v) is 9.40. The van der Waals surface area contributed by atoms with Gasteiger partial charge in [-0.1, -0.05) is 19.3 Å². The number of rotatable bonds is 5. The maximum absolute atomic E-state index is 11.5. The van der Waals surface area contributed by atoms with Gasteiger partial charge in [-0.25, -0.2) is 0 Å². The Bertz CT molecular complexity index is 471.